The molecule has 0 aromatic rings. The summed E-state index contributed by atoms with van der Waals surface area (Å²) in [5.74, 6) is 1.25. The maximum atomic E-state index is 6.16. The summed E-state index contributed by atoms with van der Waals surface area (Å²) in [5, 5.41) is 0. The fourth-order valence-electron chi connectivity index (χ4n) is 2.93. The number of hydrogen-bond acceptors (Lipinski definition) is 3. The van der Waals surface area contributed by atoms with Crippen LogP contribution in [0.1, 0.15) is 59.8 Å². The summed E-state index contributed by atoms with van der Waals surface area (Å²) in [6.07, 6.45) is 6.32. The fourth-order valence-corrected chi connectivity index (χ4v) is 4.03. The van der Waals surface area contributed by atoms with E-state index in [1.54, 1.807) is 0 Å². The fraction of sp³-hybridized carbons (Fsp3) is 1.00. The van der Waals surface area contributed by atoms with Crippen LogP contribution >= 0.6 is 11.8 Å². The van der Waals surface area contributed by atoms with Crippen LogP contribution in [-0.4, -0.2) is 40.6 Å². The highest BCUT2D eigenvalue weighted by Crippen LogP contribution is 2.35. The molecule has 1 saturated heterocycles. The number of thioether (sulfide) groups is 1. The third-order valence-corrected chi connectivity index (χ3v) is 5.91. The molecule has 0 amide bonds. The third kappa shape index (κ3) is 4.14. The van der Waals surface area contributed by atoms with Crippen molar-refractivity contribution in [1.82, 2.24) is 4.90 Å². The Morgan fingerprint density at radius 3 is 2.56 bits per heavy atom. The highest BCUT2D eigenvalue weighted by atomic mass is 32.2. The molecule has 1 heterocycles. The molecule has 0 spiro atoms. The predicted molar refractivity (Wildman–Crippen MR) is 84.3 cm³/mol. The summed E-state index contributed by atoms with van der Waals surface area (Å²) < 4.78 is 0.438. The second-order valence-electron chi connectivity index (χ2n) is 6.23. The molecule has 0 bridgehead atoms. The minimum Gasteiger partial charge on any atom is -0.329 e. The van der Waals surface area contributed by atoms with E-state index in [-0.39, 0.29) is 5.54 Å². The van der Waals surface area contributed by atoms with E-state index in [9.17, 15) is 0 Å². The summed E-state index contributed by atoms with van der Waals surface area (Å²) in [4.78, 5) is 2.70. The van der Waals surface area contributed by atoms with Gasteiger partial charge in [-0.2, -0.15) is 11.8 Å². The first-order valence-corrected chi connectivity index (χ1v) is 8.57. The van der Waals surface area contributed by atoms with Crippen molar-refractivity contribution < 1.29 is 0 Å². The van der Waals surface area contributed by atoms with Crippen LogP contribution in [0.4, 0.5) is 0 Å². The van der Waals surface area contributed by atoms with Crippen LogP contribution in [-0.2, 0) is 0 Å². The molecule has 2 nitrogen and oxygen atoms in total. The molecule has 1 rings (SSSR count). The number of rotatable bonds is 6. The van der Waals surface area contributed by atoms with E-state index >= 15 is 0 Å². The Kier molecular flexibility index (Phi) is 6.49. The molecule has 1 aliphatic rings. The van der Waals surface area contributed by atoms with Gasteiger partial charge in [-0.3, -0.25) is 4.90 Å². The van der Waals surface area contributed by atoms with Crippen molar-refractivity contribution in [3.05, 3.63) is 0 Å². The van der Waals surface area contributed by atoms with Crippen molar-refractivity contribution in [1.29, 1.82) is 0 Å². The zero-order chi connectivity index (χ0) is 13.6. The predicted octanol–water partition coefficient (Wildman–Crippen LogP) is 3.50. The molecule has 0 radical (unpaired) electrons. The minimum absolute atomic E-state index is 0.261. The van der Waals surface area contributed by atoms with Gasteiger partial charge in [0.05, 0.1) is 0 Å². The average Bonchev–Trinajstić information content (AvgIpc) is 2.53. The normalized spacial score (nSPS) is 24.5. The zero-order valence-electron chi connectivity index (χ0n) is 12.8. The first-order chi connectivity index (χ1) is 8.49. The zero-order valence-corrected chi connectivity index (χ0v) is 13.6. The van der Waals surface area contributed by atoms with Crippen molar-refractivity contribution in [3.8, 4) is 0 Å². The summed E-state index contributed by atoms with van der Waals surface area (Å²) in [7, 11) is 0. The maximum Gasteiger partial charge on any atom is 0.0329 e. The molecule has 108 valence electrons. The second kappa shape index (κ2) is 7.16. The molecule has 0 saturated carbocycles. The standard InChI is InChI=1S/C15H32N2S/c1-5-7-8-15(6-2,13-16)17-10-9-14(3,4)18-12-11-17/h5-13,16H2,1-4H3. The first-order valence-electron chi connectivity index (χ1n) is 7.59. The van der Waals surface area contributed by atoms with Crippen molar-refractivity contribution >= 4 is 11.8 Å². The van der Waals surface area contributed by atoms with Gasteiger partial charge in [0.1, 0.15) is 0 Å². The summed E-state index contributed by atoms with van der Waals surface area (Å²) in [6, 6.07) is 0. The molecular weight excluding hydrogens is 240 g/mol. The van der Waals surface area contributed by atoms with Gasteiger partial charge in [-0.05, 0) is 19.3 Å². The van der Waals surface area contributed by atoms with Gasteiger partial charge in [0.2, 0.25) is 0 Å². The molecule has 1 atom stereocenters. The molecule has 1 fully saturated rings. The van der Waals surface area contributed by atoms with E-state index in [0.717, 1.165) is 6.54 Å². The lowest BCUT2D eigenvalue weighted by molar-refractivity contribution is 0.0837. The molecule has 18 heavy (non-hydrogen) atoms. The molecule has 0 aromatic carbocycles. The smallest absolute Gasteiger partial charge is 0.0329 e. The topological polar surface area (TPSA) is 29.3 Å². The highest BCUT2D eigenvalue weighted by Gasteiger charge is 2.35. The van der Waals surface area contributed by atoms with Gasteiger partial charge in [0.15, 0.2) is 0 Å². The van der Waals surface area contributed by atoms with Gasteiger partial charge in [0, 0.05) is 35.7 Å². The molecule has 0 aliphatic carbocycles. The molecule has 1 aliphatic heterocycles. The Balaban J connectivity index is 2.72. The largest absolute Gasteiger partial charge is 0.329 e. The van der Waals surface area contributed by atoms with E-state index in [0.29, 0.717) is 4.75 Å². The van der Waals surface area contributed by atoms with Crippen LogP contribution in [0.5, 0.6) is 0 Å². The lowest BCUT2D eigenvalue weighted by atomic mass is 9.87. The Morgan fingerprint density at radius 2 is 2.00 bits per heavy atom. The molecule has 2 N–H and O–H groups in total. The van der Waals surface area contributed by atoms with Gasteiger partial charge in [-0.1, -0.05) is 40.5 Å². The Labute approximate surface area is 118 Å². The van der Waals surface area contributed by atoms with E-state index in [4.69, 9.17) is 5.73 Å². The number of hydrogen-bond donors (Lipinski definition) is 1. The highest BCUT2D eigenvalue weighted by molar-refractivity contribution is 8.00. The van der Waals surface area contributed by atoms with E-state index in [1.165, 1.54) is 50.9 Å². The van der Waals surface area contributed by atoms with Crippen molar-refractivity contribution in [2.45, 2.75) is 70.1 Å². The van der Waals surface area contributed by atoms with E-state index in [2.05, 4.69) is 44.4 Å². The van der Waals surface area contributed by atoms with Crippen LogP contribution < -0.4 is 5.73 Å². The maximum absolute atomic E-state index is 6.16. The van der Waals surface area contributed by atoms with Gasteiger partial charge in [0.25, 0.3) is 0 Å². The molecular formula is C15H32N2S. The number of nitrogens with zero attached hydrogens (tertiary/aromatic N) is 1. The lowest BCUT2D eigenvalue weighted by Gasteiger charge is -2.43. The Hall–Kier alpha value is 0.270. The summed E-state index contributed by atoms with van der Waals surface area (Å²) in [5.41, 5.74) is 6.42. The van der Waals surface area contributed by atoms with Gasteiger partial charge in [-0.25, -0.2) is 0 Å². The van der Waals surface area contributed by atoms with Gasteiger partial charge < -0.3 is 5.73 Å². The summed E-state index contributed by atoms with van der Waals surface area (Å²) >= 11 is 2.12. The van der Waals surface area contributed by atoms with Gasteiger partial charge >= 0.3 is 0 Å². The van der Waals surface area contributed by atoms with E-state index in [1.807, 2.05) is 0 Å². The number of nitrogens with two attached hydrogens (primary N) is 1. The number of unbranched alkanes of at least 4 members (excludes halogenated alkanes) is 1. The van der Waals surface area contributed by atoms with Crippen molar-refractivity contribution in [3.63, 3.8) is 0 Å². The van der Waals surface area contributed by atoms with Crippen molar-refractivity contribution in [2.24, 2.45) is 5.73 Å². The molecule has 1 unspecified atom stereocenters. The molecule has 3 heteroatoms. The second-order valence-corrected chi connectivity index (χ2v) is 8.03. The monoisotopic (exact) mass is 272 g/mol. The van der Waals surface area contributed by atoms with Gasteiger partial charge in [-0.15, -0.1) is 0 Å². The third-order valence-electron chi connectivity index (χ3n) is 4.54. The lowest BCUT2D eigenvalue weighted by Crippen LogP contribution is -2.54. The van der Waals surface area contributed by atoms with Crippen LogP contribution in [0.25, 0.3) is 0 Å². The van der Waals surface area contributed by atoms with Crippen LogP contribution in [0.3, 0.4) is 0 Å². The van der Waals surface area contributed by atoms with Crippen molar-refractivity contribution in [2.75, 3.05) is 25.4 Å². The average molecular weight is 273 g/mol. The van der Waals surface area contributed by atoms with E-state index < -0.39 is 0 Å². The summed E-state index contributed by atoms with van der Waals surface area (Å²) in [6.45, 7) is 12.6. The Bertz CT molecular complexity index is 237. The quantitative estimate of drug-likeness (QED) is 0.802. The Morgan fingerprint density at radius 1 is 1.28 bits per heavy atom. The minimum atomic E-state index is 0.261. The van der Waals surface area contributed by atoms with Crippen LogP contribution in [0.2, 0.25) is 0 Å². The SMILES string of the molecule is CCCCC(CC)(CN)N1CCSC(C)(C)CC1. The van der Waals surface area contributed by atoms with Crippen LogP contribution in [0.15, 0.2) is 0 Å². The van der Waals surface area contributed by atoms with Crippen LogP contribution in [0, 0.1) is 0 Å². The first kappa shape index (κ1) is 16.3. The molecule has 0 aromatic heterocycles.